The number of carbonyl (C=O) groups is 5. The number of nitrogens with one attached hydrogen (secondary N) is 5. The van der Waals surface area contributed by atoms with Crippen molar-refractivity contribution in [1.82, 2.24) is 31.5 Å². The highest BCUT2D eigenvalue weighted by Gasteiger charge is 2.25. The molecule has 0 aliphatic heterocycles. The molecule has 0 radical (unpaired) electrons. The molecule has 1 rings (SSSR count). The first-order valence-corrected chi connectivity index (χ1v) is 15.0. The Morgan fingerprint density at radius 2 is 1.60 bits per heavy atom. The molecule has 2 atom stereocenters. The van der Waals surface area contributed by atoms with Gasteiger partial charge in [-0.05, 0) is 26.6 Å². The van der Waals surface area contributed by atoms with Gasteiger partial charge in [0.05, 0.1) is 40.8 Å². The van der Waals surface area contributed by atoms with E-state index in [0.29, 0.717) is 30.7 Å². The average molecular weight is 676 g/mol. The van der Waals surface area contributed by atoms with Crippen LogP contribution in [-0.4, -0.2) is 125 Å². The van der Waals surface area contributed by atoms with Gasteiger partial charge in [-0.25, -0.2) is 4.79 Å². The average Bonchev–Trinajstić information content (AvgIpc) is 2.91. The van der Waals surface area contributed by atoms with Gasteiger partial charge < -0.3 is 40.7 Å². The molecule has 5 amide bonds. The van der Waals surface area contributed by atoms with Crippen molar-refractivity contribution in [3.63, 3.8) is 0 Å². The van der Waals surface area contributed by atoms with Crippen LogP contribution in [0.25, 0.3) is 0 Å². The highest BCUT2D eigenvalue weighted by atomic mass is 79.9. The Kier molecular flexibility index (Phi) is 17.1. The van der Waals surface area contributed by atoms with Crippen molar-refractivity contribution in [2.45, 2.75) is 31.5 Å². The third-order valence-corrected chi connectivity index (χ3v) is 6.94. The summed E-state index contributed by atoms with van der Waals surface area (Å²) in [6, 6.07) is 5.21. The molecule has 0 spiro atoms. The molecular weight excluding hydrogens is 630 g/mol. The molecule has 0 saturated carbocycles. The van der Waals surface area contributed by atoms with E-state index in [1.54, 1.807) is 6.07 Å². The number of carbonyl (C=O) groups excluding carboxylic acids is 5. The first-order valence-electron chi connectivity index (χ1n) is 13.6. The van der Waals surface area contributed by atoms with Crippen LogP contribution in [0.2, 0.25) is 0 Å². The number of ether oxygens (including phenoxy) is 1. The second-order valence-corrected chi connectivity index (χ2v) is 12.1. The van der Waals surface area contributed by atoms with Crippen molar-refractivity contribution < 1.29 is 33.2 Å². The van der Waals surface area contributed by atoms with Crippen LogP contribution in [0.3, 0.4) is 0 Å². The number of amides is 5. The number of alkyl carbamates (subject to hydrolysis) is 1. The fourth-order valence-corrected chi connectivity index (χ4v) is 4.01. The second kappa shape index (κ2) is 19.3. The molecule has 2 unspecified atom stereocenters. The molecule has 0 fully saturated rings. The highest BCUT2D eigenvalue weighted by molar-refractivity contribution is 9.10. The smallest absolute Gasteiger partial charge is 0.408 e. The number of halogens is 1. The fraction of sp³-hybridized carbons (Fsp3) is 0.593. The van der Waals surface area contributed by atoms with E-state index >= 15 is 0 Å². The van der Waals surface area contributed by atoms with E-state index in [1.165, 1.54) is 0 Å². The summed E-state index contributed by atoms with van der Waals surface area (Å²) < 4.78 is 6.69. The maximum Gasteiger partial charge on any atom is 0.408 e. The third-order valence-electron chi connectivity index (χ3n) is 5.81. The van der Waals surface area contributed by atoms with Gasteiger partial charge in [0.15, 0.2) is 0 Å². The molecule has 0 aliphatic rings. The lowest BCUT2D eigenvalue weighted by atomic mass is 10.1. The van der Waals surface area contributed by atoms with Crippen LogP contribution in [0.15, 0.2) is 28.7 Å². The van der Waals surface area contributed by atoms with Gasteiger partial charge in [0.1, 0.15) is 18.7 Å². The summed E-state index contributed by atoms with van der Waals surface area (Å²) >= 11 is 7.53. The highest BCUT2D eigenvalue weighted by Crippen LogP contribution is 2.16. The number of likely N-dealkylation sites (N-methyl/N-ethyl adjacent to an activating group) is 2. The molecular formula is C27H45BrN7O6S+. The molecule has 13 nitrogen and oxygen atoms in total. The van der Waals surface area contributed by atoms with Gasteiger partial charge in [-0.2, -0.15) is 12.6 Å². The minimum Gasteiger partial charge on any atom is -0.445 e. The second-order valence-electron chi connectivity index (χ2n) is 10.9. The largest absolute Gasteiger partial charge is 0.445 e. The number of hydrogen-bond acceptors (Lipinski definition) is 8. The third kappa shape index (κ3) is 16.5. The standard InChI is InChI=1S/C27H44BrN7O6S/c1-34(2)14-12-29-24(37)16-31-26(39)22(18-42)32-23(36)11-10-21(25(38)30-13-15-35(3,4)5)33-27(40)41-17-19-8-6-7-9-20(19)28/h6-9,21-22H,10-18H2,1-5H3,(H5-,29,30,31,32,33,36,37,38,39,40,42)/p+1. The van der Waals surface area contributed by atoms with E-state index < -0.39 is 35.9 Å². The molecule has 0 heterocycles. The Labute approximate surface area is 262 Å². The lowest BCUT2D eigenvalue weighted by molar-refractivity contribution is -0.869. The van der Waals surface area contributed by atoms with Crippen molar-refractivity contribution in [1.29, 1.82) is 0 Å². The minimum atomic E-state index is -1.05. The van der Waals surface area contributed by atoms with Crippen molar-refractivity contribution in [2.24, 2.45) is 0 Å². The Bertz CT molecular complexity index is 1050. The number of benzene rings is 1. The van der Waals surface area contributed by atoms with E-state index in [4.69, 9.17) is 4.74 Å². The number of thiol groups is 1. The van der Waals surface area contributed by atoms with Crippen LogP contribution in [0.1, 0.15) is 18.4 Å². The van der Waals surface area contributed by atoms with E-state index in [9.17, 15) is 24.0 Å². The molecule has 236 valence electrons. The minimum absolute atomic E-state index is 0.00554. The molecule has 1 aromatic carbocycles. The monoisotopic (exact) mass is 674 g/mol. The Morgan fingerprint density at radius 3 is 2.21 bits per heavy atom. The SMILES string of the molecule is CN(C)CCNC(=O)CNC(=O)C(CS)NC(=O)CCC(NC(=O)OCc1ccccc1Br)C(=O)NCC[N+](C)(C)C. The predicted molar refractivity (Wildman–Crippen MR) is 167 cm³/mol. The van der Waals surface area contributed by atoms with E-state index in [-0.39, 0.29) is 37.7 Å². The van der Waals surface area contributed by atoms with Crippen LogP contribution in [0, 0.1) is 0 Å². The molecule has 1 aromatic rings. The Morgan fingerprint density at radius 1 is 0.929 bits per heavy atom. The molecule has 5 N–H and O–H groups in total. The zero-order chi connectivity index (χ0) is 31.7. The number of nitrogens with zero attached hydrogens (tertiary/aromatic N) is 2. The van der Waals surface area contributed by atoms with Crippen LogP contribution >= 0.6 is 28.6 Å². The van der Waals surface area contributed by atoms with Crippen molar-refractivity contribution >= 4 is 58.3 Å². The summed E-state index contributed by atoms with van der Waals surface area (Å²) in [5, 5.41) is 13.1. The molecule has 0 aliphatic carbocycles. The van der Waals surface area contributed by atoms with Crippen LogP contribution in [0.4, 0.5) is 4.79 Å². The predicted octanol–water partition coefficient (Wildman–Crippen LogP) is -0.145. The van der Waals surface area contributed by atoms with Gasteiger partial charge in [-0.15, -0.1) is 0 Å². The summed E-state index contributed by atoms with van der Waals surface area (Å²) in [5.41, 5.74) is 0.748. The molecule has 15 heteroatoms. The maximum atomic E-state index is 12.9. The summed E-state index contributed by atoms with van der Waals surface area (Å²) in [5.74, 6) is -1.91. The van der Waals surface area contributed by atoms with E-state index in [0.717, 1.165) is 10.0 Å². The zero-order valence-corrected chi connectivity index (χ0v) is 27.5. The zero-order valence-electron chi connectivity index (χ0n) is 25.0. The topological polar surface area (TPSA) is 158 Å². The van der Waals surface area contributed by atoms with Gasteiger partial charge in [-0.1, -0.05) is 34.1 Å². The van der Waals surface area contributed by atoms with Gasteiger partial charge in [0, 0.05) is 35.3 Å². The van der Waals surface area contributed by atoms with Crippen molar-refractivity contribution in [2.75, 3.05) is 73.7 Å². The van der Waals surface area contributed by atoms with Crippen LogP contribution in [-0.2, 0) is 30.5 Å². The van der Waals surface area contributed by atoms with E-state index in [1.807, 2.05) is 58.3 Å². The van der Waals surface area contributed by atoms with E-state index in [2.05, 4.69) is 55.1 Å². The van der Waals surface area contributed by atoms with Crippen molar-refractivity contribution in [3.8, 4) is 0 Å². The lowest BCUT2D eigenvalue weighted by Crippen LogP contribution is -2.51. The number of quaternary nitrogens is 1. The van der Waals surface area contributed by atoms with Crippen molar-refractivity contribution in [3.05, 3.63) is 34.3 Å². The first-order chi connectivity index (χ1) is 19.7. The summed E-state index contributed by atoms with van der Waals surface area (Å²) in [4.78, 5) is 64.4. The molecule has 0 saturated heterocycles. The Hall–Kier alpha value is -2.88. The van der Waals surface area contributed by atoms with Gasteiger partial charge in [0.25, 0.3) is 0 Å². The molecule has 0 bridgehead atoms. The molecule has 0 aromatic heterocycles. The van der Waals surface area contributed by atoms with Gasteiger partial charge in [-0.3, -0.25) is 19.2 Å². The molecule has 42 heavy (non-hydrogen) atoms. The maximum absolute atomic E-state index is 12.9. The van der Waals surface area contributed by atoms with Gasteiger partial charge >= 0.3 is 6.09 Å². The summed E-state index contributed by atoms with van der Waals surface area (Å²) in [6.07, 6.45) is -1.02. The van der Waals surface area contributed by atoms with Gasteiger partial charge in [0.2, 0.25) is 23.6 Å². The summed E-state index contributed by atoms with van der Waals surface area (Å²) in [7, 11) is 9.70. The number of hydrogen-bond donors (Lipinski definition) is 6. The Balaban J connectivity index is 2.69. The van der Waals surface area contributed by atoms with Crippen LogP contribution < -0.4 is 26.6 Å². The first kappa shape index (κ1) is 37.1. The number of rotatable bonds is 18. The van der Waals surface area contributed by atoms with Crippen LogP contribution in [0.5, 0.6) is 0 Å². The normalized spacial score (nSPS) is 12.6. The fourth-order valence-electron chi connectivity index (χ4n) is 3.36. The quantitative estimate of drug-likeness (QED) is 0.0934. The lowest BCUT2D eigenvalue weighted by Gasteiger charge is -2.25. The summed E-state index contributed by atoms with van der Waals surface area (Å²) in [6.45, 7) is 1.84.